The Balaban J connectivity index is 2.61. The summed E-state index contributed by atoms with van der Waals surface area (Å²) in [6.07, 6.45) is 0.622. The number of halogens is 2. The normalized spacial score (nSPS) is 10.4. The fourth-order valence-corrected chi connectivity index (χ4v) is 0.944. The number of benzene rings is 1. The summed E-state index contributed by atoms with van der Waals surface area (Å²) in [6, 6.07) is 4.04. The fourth-order valence-electron chi connectivity index (χ4n) is 0.944. The molecule has 71 valence electrons. The van der Waals surface area contributed by atoms with Gasteiger partial charge in [0, 0.05) is 12.2 Å². The molecule has 0 spiro atoms. The summed E-state index contributed by atoms with van der Waals surface area (Å²) in [5, 5.41) is 0. The van der Waals surface area contributed by atoms with E-state index in [0.29, 0.717) is 13.0 Å². The van der Waals surface area contributed by atoms with E-state index in [9.17, 15) is 8.78 Å². The van der Waals surface area contributed by atoms with Crippen molar-refractivity contribution in [2.45, 2.75) is 13.0 Å². The van der Waals surface area contributed by atoms with Gasteiger partial charge in [0.25, 0.3) is 0 Å². The molecule has 0 bridgehead atoms. The molecule has 0 amide bonds. The molecule has 3 heteroatoms. The number of ether oxygens (including phenoxy) is 1. The van der Waals surface area contributed by atoms with Gasteiger partial charge in [0.1, 0.15) is 0 Å². The first-order chi connectivity index (χ1) is 6.25. The van der Waals surface area contributed by atoms with E-state index in [1.165, 1.54) is 12.1 Å². The van der Waals surface area contributed by atoms with E-state index >= 15 is 0 Å². The largest absolute Gasteiger partial charge is 0.377 e. The Hall–Kier alpha value is -0.960. The Morgan fingerprint density at radius 3 is 2.77 bits per heavy atom. The first-order valence-corrected chi connectivity index (χ1v) is 4.05. The van der Waals surface area contributed by atoms with Gasteiger partial charge in [-0.1, -0.05) is 19.1 Å². The highest BCUT2D eigenvalue weighted by Gasteiger charge is 2.06. The van der Waals surface area contributed by atoms with Crippen molar-refractivity contribution in [1.82, 2.24) is 0 Å². The van der Waals surface area contributed by atoms with Crippen molar-refractivity contribution in [2.75, 3.05) is 6.61 Å². The third-order valence-corrected chi connectivity index (χ3v) is 1.58. The van der Waals surface area contributed by atoms with Crippen LogP contribution in [0.2, 0.25) is 0 Å². The Kier molecular flexibility index (Phi) is 3.83. The molecule has 0 aromatic heterocycles. The average molecular weight is 185 g/mol. The van der Waals surface area contributed by atoms with Crippen molar-refractivity contribution in [3.05, 3.63) is 42.3 Å². The summed E-state index contributed by atoms with van der Waals surface area (Å²) in [4.78, 5) is 0. The molecule has 0 fully saturated rings. The second-order valence-electron chi connectivity index (χ2n) is 2.62. The summed E-state index contributed by atoms with van der Waals surface area (Å²) >= 11 is 0. The maximum atomic E-state index is 13.0. The summed E-state index contributed by atoms with van der Waals surface area (Å²) in [6.45, 7) is 4.11. The minimum Gasteiger partial charge on any atom is -0.377 e. The molecule has 1 rings (SSSR count). The van der Waals surface area contributed by atoms with E-state index in [1.807, 2.05) is 0 Å². The monoisotopic (exact) mass is 185 g/mol. The van der Waals surface area contributed by atoms with Gasteiger partial charge in [-0.2, -0.15) is 0 Å². The highest BCUT2D eigenvalue weighted by molar-refractivity contribution is 5.17. The molecule has 0 saturated carbocycles. The van der Waals surface area contributed by atoms with Crippen LogP contribution < -0.4 is 0 Å². The van der Waals surface area contributed by atoms with Gasteiger partial charge >= 0.3 is 0 Å². The van der Waals surface area contributed by atoms with Gasteiger partial charge in [-0.25, -0.2) is 8.78 Å². The van der Waals surface area contributed by atoms with Crippen LogP contribution >= 0.6 is 0 Å². The van der Waals surface area contributed by atoms with Gasteiger partial charge in [0.2, 0.25) is 0 Å². The van der Waals surface area contributed by atoms with Crippen LogP contribution in [0.25, 0.3) is 0 Å². The Morgan fingerprint density at radius 2 is 2.08 bits per heavy atom. The Bertz CT molecular complexity index is 274. The van der Waals surface area contributed by atoms with E-state index in [2.05, 4.69) is 6.92 Å². The average Bonchev–Trinajstić information content (AvgIpc) is 2.13. The Labute approximate surface area is 76.3 Å². The molecule has 0 aliphatic carbocycles. The molecule has 1 radical (unpaired) electrons. The van der Waals surface area contributed by atoms with Crippen LogP contribution in [-0.2, 0) is 11.3 Å². The van der Waals surface area contributed by atoms with Crippen molar-refractivity contribution in [3.8, 4) is 0 Å². The lowest BCUT2D eigenvalue weighted by Crippen LogP contribution is -1.98. The minimum absolute atomic E-state index is 0.0963. The van der Waals surface area contributed by atoms with E-state index < -0.39 is 11.6 Å². The number of hydrogen-bond acceptors (Lipinski definition) is 1. The molecule has 13 heavy (non-hydrogen) atoms. The predicted molar refractivity (Wildman–Crippen MR) is 46.0 cm³/mol. The van der Waals surface area contributed by atoms with Crippen LogP contribution in [0.4, 0.5) is 8.78 Å². The van der Waals surface area contributed by atoms with Crippen LogP contribution in [0.1, 0.15) is 12.0 Å². The summed E-state index contributed by atoms with van der Waals surface area (Å²) in [5.74, 6) is -1.66. The first kappa shape index (κ1) is 10.1. The van der Waals surface area contributed by atoms with Gasteiger partial charge in [-0.15, -0.1) is 0 Å². The fraction of sp³-hybridized carbons (Fsp3) is 0.300. The lowest BCUT2D eigenvalue weighted by molar-refractivity contribution is 0.122. The summed E-state index contributed by atoms with van der Waals surface area (Å²) in [7, 11) is 0. The maximum absolute atomic E-state index is 13.0. The molecule has 0 atom stereocenters. The molecule has 0 unspecified atom stereocenters. The lowest BCUT2D eigenvalue weighted by atomic mass is 10.2. The maximum Gasteiger partial charge on any atom is 0.164 e. The van der Waals surface area contributed by atoms with Crippen LogP contribution in [0.5, 0.6) is 0 Å². The lowest BCUT2D eigenvalue weighted by Gasteiger charge is -2.04. The van der Waals surface area contributed by atoms with Crippen molar-refractivity contribution >= 4 is 0 Å². The van der Waals surface area contributed by atoms with Crippen molar-refractivity contribution in [3.63, 3.8) is 0 Å². The third-order valence-electron chi connectivity index (χ3n) is 1.58. The highest BCUT2D eigenvalue weighted by atomic mass is 19.2. The quantitative estimate of drug-likeness (QED) is 0.655. The molecule has 0 aliphatic heterocycles. The first-order valence-electron chi connectivity index (χ1n) is 4.05. The van der Waals surface area contributed by atoms with Gasteiger partial charge in [0.05, 0.1) is 6.61 Å². The van der Waals surface area contributed by atoms with Gasteiger partial charge in [-0.3, -0.25) is 0 Å². The molecular formula is C10H11F2O. The zero-order chi connectivity index (χ0) is 9.68. The third kappa shape index (κ3) is 2.77. The standard InChI is InChI=1S/C10H11F2O/c1-2-6-13-7-8-4-3-5-9(11)10(8)12/h3-5H,1-2,6-7H2. The van der Waals surface area contributed by atoms with Crippen LogP contribution in [0.3, 0.4) is 0 Å². The molecule has 0 heterocycles. The molecule has 1 nitrogen and oxygen atoms in total. The zero-order valence-corrected chi connectivity index (χ0v) is 7.22. The molecule has 1 aromatic carbocycles. The predicted octanol–water partition coefficient (Wildman–Crippen LogP) is 2.71. The second-order valence-corrected chi connectivity index (χ2v) is 2.62. The second kappa shape index (κ2) is 4.92. The topological polar surface area (TPSA) is 9.23 Å². The van der Waals surface area contributed by atoms with Gasteiger partial charge in [-0.05, 0) is 12.5 Å². The number of hydrogen-bond donors (Lipinski definition) is 0. The van der Waals surface area contributed by atoms with Crippen molar-refractivity contribution in [2.24, 2.45) is 0 Å². The highest BCUT2D eigenvalue weighted by Crippen LogP contribution is 2.12. The smallest absolute Gasteiger partial charge is 0.164 e. The van der Waals surface area contributed by atoms with Crippen LogP contribution in [0, 0.1) is 18.6 Å². The summed E-state index contributed by atoms with van der Waals surface area (Å²) in [5.41, 5.74) is 0.244. The van der Waals surface area contributed by atoms with E-state index in [1.54, 1.807) is 0 Å². The van der Waals surface area contributed by atoms with E-state index in [-0.39, 0.29) is 12.2 Å². The molecule has 1 aromatic rings. The number of rotatable bonds is 4. The van der Waals surface area contributed by atoms with Gasteiger partial charge < -0.3 is 4.74 Å². The van der Waals surface area contributed by atoms with Crippen molar-refractivity contribution in [1.29, 1.82) is 0 Å². The van der Waals surface area contributed by atoms with E-state index in [4.69, 9.17) is 4.74 Å². The van der Waals surface area contributed by atoms with Crippen LogP contribution in [0.15, 0.2) is 18.2 Å². The molecule has 0 saturated heterocycles. The summed E-state index contributed by atoms with van der Waals surface area (Å²) < 4.78 is 30.6. The minimum atomic E-state index is -0.837. The van der Waals surface area contributed by atoms with Gasteiger partial charge in [0.15, 0.2) is 11.6 Å². The molecule has 0 N–H and O–H groups in total. The van der Waals surface area contributed by atoms with Crippen molar-refractivity contribution < 1.29 is 13.5 Å². The Morgan fingerprint density at radius 1 is 1.31 bits per heavy atom. The molecule has 0 aliphatic rings. The van der Waals surface area contributed by atoms with Crippen LogP contribution in [-0.4, -0.2) is 6.61 Å². The van der Waals surface area contributed by atoms with E-state index in [0.717, 1.165) is 6.07 Å². The molecular weight excluding hydrogens is 174 g/mol. The zero-order valence-electron chi connectivity index (χ0n) is 7.22. The SMILES string of the molecule is [CH2]CCOCc1cccc(F)c1F.